The maximum atomic E-state index is 11.1. The van der Waals surface area contributed by atoms with Crippen molar-refractivity contribution < 1.29 is 23.6 Å². The van der Waals surface area contributed by atoms with Crippen molar-refractivity contribution in [2.75, 3.05) is 6.54 Å². The van der Waals surface area contributed by atoms with E-state index in [1.54, 1.807) is 13.0 Å². The molecular weight excluding hydrogens is 401 g/mol. The third kappa shape index (κ3) is 5.15. The van der Waals surface area contributed by atoms with E-state index in [1.165, 1.54) is 0 Å². The van der Waals surface area contributed by atoms with Crippen LogP contribution in [0.5, 0.6) is 11.5 Å². The molecule has 0 aromatic heterocycles. The van der Waals surface area contributed by atoms with Gasteiger partial charge in [-0.2, -0.15) is 0 Å². The molecule has 1 aliphatic heterocycles. The third-order valence-electron chi connectivity index (χ3n) is 4.92. The maximum absolute atomic E-state index is 11.1. The zero-order valence-corrected chi connectivity index (χ0v) is 17.5. The molecule has 3 atom stereocenters. The zero-order chi connectivity index (χ0) is 20.3. The molecule has 0 saturated carbocycles. The number of phosphoric ester groups is 1. The Bertz CT molecular complexity index is 871. The number of nitrogens with one attached hydrogen (secondary N) is 1. The van der Waals surface area contributed by atoms with Crippen molar-refractivity contribution in [1.29, 1.82) is 0 Å². The molecule has 0 aliphatic carbocycles. The Morgan fingerprint density at radius 2 is 1.89 bits per heavy atom. The fourth-order valence-corrected chi connectivity index (χ4v) is 4.46. The van der Waals surface area contributed by atoms with Crippen molar-refractivity contribution in [2.45, 2.75) is 44.8 Å². The van der Waals surface area contributed by atoms with Crippen molar-refractivity contribution in [3.8, 4) is 11.5 Å². The lowest BCUT2D eigenvalue weighted by molar-refractivity contribution is 0.119. The summed E-state index contributed by atoms with van der Waals surface area (Å²) < 4.78 is 22.1. The molecule has 28 heavy (non-hydrogen) atoms. The number of hydrogen-bond donors (Lipinski definition) is 3. The van der Waals surface area contributed by atoms with Crippen LogP contribution in [0.2, 0.25) is 5.02 Å². The molecule has 1 aliphatic rings. The lowest BCUT2D eigenvalue weighted by Crippen LogP contribution is -2.33. The molecular formula is C20H25ClNO5P. The minimum atomic E-state index is -4.56. The Balaban J connectivity index is 1.98. The van der Waals surface area contributed by atoms with Crippen molar-refractivity contribution in [1.82, 2.24) is 5.32 Å². The van der Waals surface area contributed by atoms with Gasteiger partial charge in [-0.15, -0.1) is 0 Å². The number of phosphoric acid groups is 1. The minimum absolute atomic E-state index is 0.000112. The first kappa shape index (κ1) is 21.3. The standard InChI is InChI=1S/C20H25ClNO5P/c1-3-6-15-16-7-4-5-8-19(16)26-20-10-9-14(21)11-17(20)18(15)12-22-13(2)27-28(23,24)25/h4-5,7-11,13,15,18,22H,3,6,12H2,1-2H3,(H2,23,24,25). The number of ether oxygens (including phenoxy) is 1. The van der Waals surface area contributed by atoms with E-state index in [2.05, 4.69) is 18.3 Å². The predicted octanol–water partition coefficient (Wildman–Crippen LogP) is 5.16. The highest BCUT2D eigenvalue weighted by Crippen LogP contribution is 2.48. The maximum Gasteiger partial charge on any atom is 0.471 e. The van der Waals surface area contributed by atoms with Gasteiger partial charge in [0.1, 0.15) is 17.7 Å². The number of fused-ring (bicyclic) bond motifs is 2. The molecule has 2 aromatic carbocycles. The molecule has 152 valence electrons. The lowest BCUT2D eigenvalue weighted by atomic mass is 9.78. The van der Waals surface area contributed by atoms with Crippen LogP contribution in [0.15, 0.2) is 42.5 Å². The van der Waals surface area contributed by atoms with Gasteiger partial charge in [-0.3, -0.25) is 9.84 Å². The van der Waals surface area contributed by atoms with Crippen molar-refractivity contribution in [3.63, 3.8) is 0 Å². The summed E-state index contributed by atoms with van der Waals surface area (Å²) in [7, 11) is -4.56. The van der Waals surface area contributed by atoms with Gasteiger partial charge in [0.25, 0.3) is 0 Å². The summed E-state index contributed by atoms with van der Waals surface area (Å²) in [5.74, 6) is 1.73. The first-order valence-electron chi connectivity index (χ1n) is 9.32. The number of halogens is 1. The van der Waals surface area contributed by atoms with Gasteiger partial charge in [-0.1, -0.05) is 43.1 Å². The van der Waals surface area contributed by atoms with Crippen LogP contribution in [-0.4, -0.2) is 22.6 Å². The Kier molecular flexibility index (Phi) is 6.81. The average Bonchev–Trinajstić information content (AvgIpc) is 2.74. The van der Waals surface area contributed by atoms with E-state index in [0.717, 1.165) is 35.5 Å². The molecule has 0 fully saturated rings. The second-order valence-electron chi connectivity index (χ2n) is 6.97. The SMILES string of the molecule is CCCC1c2ccccc2Oc2ccc(Cl)cc2C1CNC(C)OP(=O)(O)O. The van der Waals surface area contributed by atoms with E-state index in [0.29, 0.717) is 11.6 Å². The largest absolute Gasteiger partial charge is 0.471 e. The van der Waals surface area contributed by atoms with Crippen molar-refractivity contribution in [3.05, 3.63) is 58.6 Å². The van der Waals surface area contributed by atoms with Gasteiger partial charge >= 0.3 is 7.82 Å². The van der Waals surface area contributed by atoms with E-state index in [9.17, 15) is 4.57 Å². The number of rotatable bonds is 7. The highest BCUT2D eigenvalue weighted by Gasteiger charge is 2.33. The highest BCUT2D eigenvalue weighted by atomic mass is 35.5. The van der Waals surface area contributed by atoms with Crippen molar-refractivity contribution in [2.24, 2.45) is 0 Å². The molecule has 8 heteroatoms. The fourth-order valence-electron chi connectivity index (χ4n) is 3.79. The number of hydrogen-bond acceptors (Lipinski definition) is 4. The van der Waals surface area contributed by atoms with E-state index in [4.69, 9.17) is 30.6 Å². The summed E-state index contributed by atoms with van der Waals surface area (Å²) in [6.45, 7) is 4.17. The van der Waals surface area contributed by atoms with Crippen LogP contribution in [0.1, 0.15) is 49.7 Å². The Labute approximate surface area is 170 Å². The monoisotopic (exact) mass is 425 g/mol. The quantitative estimate of drug-likeness (QED) is 0.419. The first-order valence-corrected chi connectivity index (χ1v) is 11.2. The van der Waals surface area contributed by atoms with Gasteiger partial charge in [0.15, 0.2) is 0 Å². The van der Waals surface area contributed by atoms with E-state index < -0.39 is 14.1 Å². The summed E-state index contributed by atoms with van der Waals surface area (Å²) >= 11 is 6.28. The smallest absolute Gasteiger partial charge is 0.457 e. The summed E-state index contributed by atoms with van der Waals surface area (Å²) in [6.07, 6.45) is 1.12. The first-order chi connectivity index (χ1) is 13.3. The summed E-state index contributed by atoms with van der Waals surface area (Å²) in [4.78, 5) is 18.1. The number of benzene rings is 2. The van der Waals surface area contributed by atoms with Crippen LogP contribution in [-0.2, 0) is 9.09 Å². The van der Waals surface area contributed by atoms with Crippen LogP contribution < -0.4 is 10.1 Å². The average molecular weight is 426 g/mol. The topological polar surface area (TPSA) is 88.0 Å². The van der Waals surface area contributed by atoms with Gasteiger partial charge in [0.2, 0.25) is 0 Å². The van der Waals surface area contributed by atoms with Gasteiger partial charge in [-0.05, 0) is 49.1 Å². The summed E-state index contributed by atoms with van der Waals surface area (Å²) in [5.41, 5.74) is 2.09. The van der Waals surface area contributed by atoms with Gasteiger partial charge < -0.3 is 14.5 Å². The molecule has 3 rings (SSSR count). The number of para-hydroxylation sites is 1. The fraction of sp³-hybridized carbons (Fsp3) is 0.400. The van der Waals surface area contributed by atoms with Gasteiger partial charge in [0, 0.05) is 23.0 Å². The van der Waals surface area contributed by atoms with Crippen LogP contribution in [0.3, 0.4) is 0 Å². The van der Waals surface area contributed by atoms with E-state index in [1.807, 2.05) is 30.3 Å². The van der Waals surface area contributed by atoms with Crippen LogP contribution >= 0.6 is 19.4 Å². The molecule has 3 unspecified atom stereocenters. The van der Waals surface area contributed by atoms with Crippen LogP contribution in [0.25, 0.3) is 0 Å². The molecule has 0 bridgehead atoms. The van der Waals surface area contributed by atoms with Crippen molar-refractivity contribution >= 4 is 19.4 Å². The minimum Gasteiger partial charge on any atom is -0.457 e. The molecule has 2 aromatic rings. The molecule has 1 heterocycles. The van der Waals surface area contributed by atoms with Gasteiger partial charge in [-0.25, -0.2) is 4.57 Å². The Morgan fingerprint density at radius 3 is 2.61 bits per heavy atom. The second-order valence-corrected chi connectivity index (χ2v) is 8.60. The lowest BCUT2D eigenvalue weighted by Gasteiger charge is -2.28. The predicted molar refractivity (Wildman–Crippen MR) is 109 cm³/mol. The Morgan fingerprint density at radius 1 is 1.18 bits per heavy atom. The molecule has 0 amide bonds. The normalized spacial score (nSPS) is 19.9. The Hall–Kier alpha value is -1.40. The molecule has 0 saturated heterocycles. The van der Waals surface area contributed by atoms with E-state index >= 15 is 0 Å². The van der Waals surface area contributed by atoms with Crippen LogP contribution in [0.4, 0.5) is 0 Å². The van der Waals surface area contributed by atoms with Crippen LogP contribution in [0, 0.1) is 0 Å². The molecule has 3 N–H and O–H groups in total. The van der Waals surface area contributed by atoms with E-state index in [-0.39, 0.29) is 11.8 Å². The van der Waals surface area contributed by atoms with Gasteiger partial charge in [0.05, 0.1) is 0 Å². The molecule has 6 nitrogen and oxygen atoms in total. The molecule has 0 spiro atoms. The summed E-state index contributed by atoms with van der Waals surface area (Å²) in [5, 5.41) is 3.72. The molecule has 0 radical (unpaired) electrons. The summed E-state index contributed by atoms with van der Waals surface area (Å²) in [6, 6.07) is 13.6. The second kappa shape index (κ2) is 8.95. The zero-order valence-electron chi connectivity index (χ0n) is 15.8. The third-order valence-corrected chi connectivity index (χ3v) is 5.74. The highest BCUT2D eigenvalue weighted by molar-refractivity contribution is 7.46.